The number of halogens is 2. The highest BCUT2D eigenvalue weighted by molar-refractivity contribution is 6.07. The minimum atomic E-state index is -0.972. The fraction of sp³-hybridized carbons (Fsp3) is 0.333. The van der Waals surface area contributed by atoms with Gasteiger partial charge in [0.2, 0.25) is 0 Å². The van der Waals surface area contributed by atoms with E-state index in [1.54, 1.807) is 0 Å². The summed E-state index contributed by atoms with van der Waals surface area (Å²) in [5, 5.41) is 32.2. The Balaban J connectivity index is 1.57. The topological polar surface area (TPSA) is 136 Å². The van der Waals surface area contributed by atoms with E-state index in [-0.39, 0.29) is 29.3 Å². The molecule has 0 saturated heterocycles. The van der Waals surface area contributed by atoms with Crippen molar-refractivity contribution in [2.75, 3.05) is 5.32 Å². The Morgan fingerprint density at radius 1 is 1.24 bits per heavy atom. The van der Waals surface area contributed by atoms with Crippen molar-refractivity contribution in [2.45, 2.75) is 37.6 Å². The van der Waals surface area contributed by atoms with Crippen molar-refractivity contribution in [3.05, 3.63) is 47.4 Å². The Hall–Kier alpha value is -3.18. The molecule has 1 aliphatic rings. The zero-order chi connectivity index (χ0) is 20.5. The van der Waals surface area contributed by atoms with Crippen molar-refractivity contribution >= 4 is 22.8 Å². The molecule has 2 aromatic heterocycles. The van der Waals surface area contributed by atoms with Crippen LogP contribution in [0.2, 0.25) is 0 Å². The number of fused-ring (bicyclic) bond motifs is 1. The van der Waals surface area contributed by atoms with Gasteiger partial charge >= 0.3 is 0 Å². The van der Waals surface area contributed by atoms with E-state index in [4.69, 9.17) is 0 Å². The number of aromatic amines is 1. The van der Waals surface area contributed by atoms with Gasteiger partial charge in [-0.05, 0) is 31.0 Å². The molecule has 1 amide bonds. The second-order valence-electron chi connectivity index (χ2n) is 6.82. The number of hydrogen-bond donors (Lipinski definition) is 5. The first-order valence-corrected chi connectivity index (χ1v) is 8.98. The summed E-state index contributed by atoms with van der Waals surface area (Å²) in [6, 6.07) is 2.53. The number of nitrogens with one attached hydrogen (secondary N) is 3. The van der Waals surface area contributed by atoms with Crippen molar-refractivity contribution in [3.63, 3.8) is 0 Å². The average Bonchev–Trinajstić information content (AvgIpc) is 3.28. The molecule has 3 atom stereocenters. The predicted octanol–water partition coefficient (Wildman–Crippen LogP) is 0.857. The smallest absolute Gasteiger partial charge is 0.272 e. The first-order valence-electron chi connectivity index (χ1n) is 8.98. The normalized spacial score (nSPS) is 21.4. The Kier molecular flexibility index (Phi) is 5.07. The lowest BCUT2D eigenvalue weighted by atomic mass is 10.2. The number of aromatic nitrogens is 4. The average molecular weight is 404 g/mol. The van der Waals surface area contributed by atoms with Crippen LogP contribution in [0.25, 0.3) is 11.0 Å². The van der Waals surface area contributed by atoms with Crippen LogP contribution in [-0.2, 0) is 6.54 Å². The molecule has 1 fully saturated rings. The van der Waals surface area contributed by atoms with E-state index >= 15 is 0 Å². The van der Waals surface area contributed by atoms with Gasteiger partial charge in [0, 0.05) is 12.1 Å². The van der Waals surface area contributed by atoms with Crippen molar-refractivity contribution in [3.8, 4) is 0 Å². The van der Waals surface area contributed by atoms with Crippen LogP contribution in [0.4, 0.5) is 14.6 Å². The van der Waals surface area contributed by atoms with Gasteiger partial charge < -0.3 is 20.8 Å². The van der Waals surface area contributed by atoms with Gasteiger partial charge in [-0.2, -0.15) is 5.10 Å². The first kappa shape index (κ1) is 19.2. The van der Waals surface area contributed by atoms with Crippen LogP contribution in [-0.4, -0.2) is 54.5 Å². The molecule has 0 aliphatic heterocycles. The summed E-state index contributed by atoms with van der Waals surface area (Å²) in [6.07, 6.45) is 0.417. The van der Waals surface area contributed by atoms with E-state index < -0.39 is 35.8 Å². The van der Waals surface area contributed by atoms with Gasteiger partial charge in [-0.25, -0.2) is 18.7 Å². The quantitative estimate of drug-likeness (QED) is 0.425. The molecule has 3 aromatic rings. The van der Waals surface area contributed by atoms with Crippen LogP contribution in [0.1, 0.15) is 28.9 Å². The molecule has 11 heteroatoms. The lowest BCUT2D eigenvalue weighted by Crippen LogP contribution is -2.34. The van der Waals surface area contributed by atoms with Crippen LogP contribution < -0.4 is 10.6 Å². The Labute approximate surface area is 163 Å². The van der Waals surface area contributed by atoms with Gasteiger partial charge in [-0.1, -0.05) is 0 Å². The molecule has 29 heavy (non-hydrogen) atoms. The van der Waals surface area contributed by atoms with E-state index in [9.17, 15) is 23.8 Å². The van der Waals surface area contributed by atoms with Crippen molar-refractivity contribution < 1.29 is 23.8 Å². The summed E-state index contributed by atoms with van der Waals surface area (Å²) in [6.45, 7) is -0.235. The summed E-state index contributed by atoms with van der Waals surface area (Å²) in [4.78, 5) is 20.8. The molecule has 1 aliphatic carbocycles. The maximum absolute atomic E-state index is 13.8. The van der Waals surface area contributed by atoms with E-state index in [1.165, 1.54) is 6.33 Å². The lowest BCUT2D eigenvalue weighted by molar-refractivity contribution is 0.0392. The number of anilines is 1. The number of aliphatic hydroxyl groups excluding tert-OH is 2. The first-order chi connectivity index (χ1) is 13.9. The van der Waals surface area contributed by atoms with Gasteiger partial charge in [0.05, 0.1) is 23.6 Å². The minimum Gasteiger partial charge on any atom is -0.390 e. The molecule has 152 valence electrons. The molecule has 1 aromatic carbocycles. The monoisotopic (exact) mass is 404 g/mol. The van der Waals surface area contributed by atoms with Gasteiger partial charge in [0.25, 0.3) is 5.91 Å². The number of aliphatic hydroxyl groups is 2. The Bertz CT molecular complexity index is 1060. The molecular weight excluding hydrogens is 386 g/mol. The standard InChI is InChI=1S/C18H18F2N6O3/c19-9-1-2-10(20)8(5-9)6-21-18(29)14-13-16(22-7-23-17(13)26-25-14)24-11-3-4-12(27)15(11)28/h1-2,5,7,11-12,15,27-28H,3-4,6H2,(H,21,29)(H2,22,23,24,25,26)/t11-,12+,15-/m1/s1. The fourth-order valence-electron chi connectivity index (χ4n) is 3.36. The van der Waals surface area contributed by atoms with E-state index in [0.29, 0.717) is 18.2 Å². The second kappa shape index (κ2) is 7.68. The zero-order valence-electron chi connectivity index (χ0n) is 15.1. The van der Waals surface area contributed by atoms with Crippen molar-refractivity contribution in [1.82, 2.24) is 25.5 Å². The van der Waals surface area contributed by atoms with Crippen LogP contribution in [0.15, 0.2) is 24.5 Å². The number of hydrogen-bond acceptors (Lipinski definition) is 7. The van der Waals surface area contributed by atoms with Gasteiger partial charge in [-0.3, -0.25) is 9.89 Å². The van der Waals surface area contributed by atoms with Crippen molar-refractivity contribution in [1.29, 1.82) is 0 Å². The molecule has 0 radical (unpaired) electrons. The summed E-state index contributed by atoms with van der Waals surface area (Å²) >= 11 is 0. The van der Waals surface area contributed by atoms with Crippen LogP contribution in [0.3, 0.4) is 0 Å². The molecule has 5 N–H and O–H groups in total. The Morgan fingerprint density at radius 3 is 2.83 bits per heavy atom. The Morgan fingerprint density at radius 2 is 2.07 bits per heavy atom. The number of amides is 1. The largest absolute Gasteiger partial charge is 0.390 e. The second-order valence-corrected chi connectivity index (χ2v) is 6.82. The van der Waals surface area contributed by atoms with Crippen LogP contribution in [0, 0.1) is 11.6 Å². The number of carbonyl (C=O) groups excluding carboxylic acids is 1. The summed E-state index contributed by atoms with van der Waals surface area (Å²) in [5.74, 6) is -1.62. The SMILES string of the molecule is O=C(NCc1cc(F)ccc1F)c1n[nH]c2ncnc(N[C@@H]3CC[C@H](O)[C@@H]3O)c12. The lowest BCUT2D eigenvalue weighted by Gasteiger charge is -2.18. The molecule has 1 saturated carbocycles. The van der Waals surface area contributed by atoms with Crippen LogP contribution >= 0.6 is 0 Å². The zero-order valence-corrected chi connectivity index (χ0v) is 15.1. The number of nitrogens with zero attached hydrogens (tertiary/aromatic N) is 3. The summed E-state index contributed by atoms with van der Waals surface area (Å²) in [7, 11) is 0. The number of carbonyl (C=O) groups is 1. The molecule has 9 nitrogen and oxygen atoms in total. The van der Waals surface area contributed by atoms with Gasteiger partial charge in [-0.15, -0.1) is 0 Å². The summed E-state index contributed by atoms with van der Waals surface area (Å²) in [5.41, 5.74) is 0.251. The highest BCUT2D eigenvalue weighted by Crippen LogP contribution is 2.27. The van der Waals surface area contributed by atoms with E-state index in [0.717, 1.165) is 18.2 Å². The maximum Gasteiger partial charge on any atom is 0.272 e. The van der Waals surface area contributed by atoms with Gasteiger partial charge in [0.15, 0.2) is 11.3 Å². The molecule has 0 spiro atoms. The minimum absolute atomic E-state index is 0.00384. The number of rotatable bonds is 5. The molecular formula is C18H18F2N6O3. The highest BCUT2D eigenvalue weighted by atomic mass is 19.1. The molecule has 4 rings (SSSR count). The molecule has 0 bridgehead atoms. The summed E-state index contributed by atoms with van der Waals surface area (Å²) < 4.78 is 27.1. The third kappa shape index (κ3) is 3.74. The predicted molar refractivity (Wildman–Crippen MR) is 97.9 cm³/mol. The number of benzene rings is 1. The van der Waals surface area contributed by atoms with Crippen molar-refractivity contribution in [2.24, 2.45) is 0 Å². The third-order valence-corrected chi connectivity index (χ3v) is 4.92. The fourth-order valence-corrected chi connectivity index (χ4v) is 3.36. The van der Waals surface area contributed by atoms with Crippen LogP contribution in [0.5, 0.6) is 0 Å². The molecule has 0 unspecified atom stereocenters. The maximum atomic E-state index is 13.8. The molecule has 2 heterocycles. The van der Waals surface area contributed by atoms with E-state index in [2.05, 4.69) is 30.8 Å². The third-order valence-electron chi connectivity index (χ3n) is 4.92. The number of H-pyrrole nitrogens is 1. The van der Waals surface area contributed by atoms with E-state index in [1.807, 2.05) is 0 Å². The van der Waals surface area contributed by atoms with Gasteiger partial charge in [0.1, 0.15) is 23.8 Å². The highest BCUT2D eigenvalue weighted by Gasteiger charge is 2.34.